The van der Waals surface area contributed by atoms with E-state index < -0.39 is 0 Å². The van der Waals surface area contributed by atoms with E-state index in [1.165, 1.54) is 0 Å². The van der Waals surface area contributed by atoms with Crippen molar-refractivity contribution >= 4 is 17.3 Å². The second-order valence-electron chi connectivity index (χ2n) is 4.04. The van der Waals surface area contributed by atoms with E-state index in [0.29, 0.717) is 12.3 Å². The minimum atomic E-state index is -0.187. The molecule has 0 atom stereocenters. The number of amides is 1. The molecule has 0 saturated heterocycles. The van der Waals surface area contributed by atoms with E-state index in [1.807, 2.05) is 48.6 Å². The molecule has 4 heteroatoms. The summed E-state index contributed by atoms with van der Waals surface area (Å²) in [7, 11) is 0. The molecule has 1 heterocycles. The number of benzene rings is 1. The molecule has 0 unspecified atom stereocenters. The fraction of sp³-hybridized carbons (Fsp3) is 0.0714. The molecule has 2 aliphatic rings. The molecule has 0 spiro atoms. The first-order valence-electron chi connectivity index (χ1n) is 5.71. The zero-order valence-corrected chi connectivity index (χ0v) is 9.63. The largest absolute Gasteiger partial charge is 0.347 e. The zero-order chi connectivity index (χ0) is 12.4. The van der Waals surface area contributed by atoms with Crippen LogP contribution in [0.1, 0.15) is 5.56 Å². The molecule has 1 aromatic rings. The third-order valence-electron chi connectivity index (χ3n) is 2.82. The van der Waals surface area contributed by atoms with Crippen molar-refractivity contribution < 1.29 is 4.79 Å². The summed E-state index contributed by atoms with van der Waals surface area (Å²) in [6.45, 7) is 0.495. The first kappa shape index (κ1) is 10.7. The Hall–Kier alpha value is -2.49. The normalized spacial score (nSPS) is 15.9. The predicted molar refractivity (Wildman–Crippen MR) is 70.4 cm³/mol. The number of carbonyl (C=O) groups excluding carboxylic acids is 1. The molecular weight excluding hydrogens is 226 g/mol. The van der Waals surface area contributed by atoms with E-state index in [-0.39, 0.29) is 5.91 Å². The van der Waals surface area contributed by atoms with Crippen molar-refractivity contribution in [2.75, 3.05) is 0 Å². The summed E-state index contributed by atoms with van der Waals surface area (Å²) in [4.78, 5) is 12.0. The first-order chi connectivity index (χ1) is 8.84. The zero-order valence-electron chi connectivity index (χ0n) is 9.63. The molecule has 0 bridgehead atoms. The van der Waals surface area contributed by atoms with E-state index in [2.05, 4.69) is 15.5 Å². The average Bonchev–Trinajstić information content (AvgIpc) is 2.99. The van der Waals surface area contributed by atoms with Crippen LogP contribution in [-0.2, 0) is 11.3 Å². The molecule has 3 rings (SSSR count). The highest BCUT2D eigenvalue weighted by atomic mass is 16.1. The number of fused-ring (bicyclic) bond motifs is 1. The quantitative estimate of drug-likeness (QED) is 0.853. The lowest BCUT2D eigenvalue weighted by molar-refractivity contribution is -0.114. The highest BCUT2D eigenvalue weighted by molar-refractivity contribution is 6.54. The van der Waals surface area contributed by atoms with Crippen LogP contribution in [0, 0.1) is 0 Å². The van der Waals surface area contributed by atoms with Crippen molar-refractivity contribution in [2.45, 2.75) is 6.54 Å². The summed E-state index contributed by atoms with van der Waals surface area (Å²) in [6.07, 6.45) is 5.57. The number of carbonyl (C=O) groups is 1. The van der Waals surface area contributed by atoms with Gasteiger partial charge in [-0.15, -0.1) is 10.2 Å². The van der Waals surface area contributed by atoms with Gasteiger partial charge in [-0.2, -0.15) is 0 Å². The Morgan fingerprint density at radius 2 is 2.00 bits per heavy atom. The summed E-state index contributed by atoms with van der Waals surface area (Å²) in [5.74, 6) is -0.187. The molecule has 1 N–H and O–H groups in total. The van der Waals surface area contributed by atoms with E-state index in [9.17, 15) is 4.79 Å². The number of nitrogens with zero attached hydrogens (tertiary/aromatic N) is 2. The Bertz CT molecular complexity index is 609. The number of allylic oxidation sites excluding steroid dienone is 3. The lowest BCUT2D eigenvalue weighted by Crippen LogP contribution is -2.31. The minimum absolute atomic E-state index is 0.187. The molecule has 0 aromatic heterocycles. The lowest BCUT2D eigenvalue weighted by Gasteiger charge is -2.05. The van der Waals surface area contributed by atoms with Gasteiger partial charge in [0.1, 0.15) is 0 Å². The van der Waals surface area contributed by atoms with Crippen molar-refractivity contribution in [2.24, 2.45) is 10.2 Å². The molecule has 4 nitrogen and oxygen atoms in total. The third-order valence-corrected chi connectivity index (χ3v) is 2.82. The van der Waals surface area contributed by atoms with Gasteiger partial charge in [0, 0.05) is 12.1 Å². The summed E-state index contributed by atoms with van der Waals surface area (Å²) in [5.41, 5.74) is 3.02. The van der Waals surface area contributed by atoms with E-state index in [0.717, 1.165) is 16.8 Å². The second kappa shape index (κ2) is 4.41. The molecule has 1 aliphatic carbocycles. The summed E-state index contributed by atoms with van der Waals surface area (Å²) >= 11 is 0. The fourth-order valence-corrected chi connectivity index (χ4v) is 1.89. The third kappa shape index (κ3) is 1.88. The lowest BCUT2D eigenvalue weighted by atomic mass is 10.1. The maximum atomic E-state index is 12.0. The molecule has 1 amide bonds. The van der Waals surface area contributed by atoms with Crippen LogP contribution in [0.2, 0.25) is 0 Å². The smallest absolute Gasteiger partial charge is 0.272 e. The molecule has 1 aliphatic heterocycles. The van der Waals surface area contributed by atoms with Crippen LogP contribution in [0.5, 0.6) is 0 Å². The van der Waals surface area contributed by atoms with Crippen molar-refractivity contribution in [3.63, 3.8) is 0 Å². The van der Waals surface area contributed by atoms with Gasteiger partial charge in [0.25, 0.3) is 5.91 Å². The van der Waals surface area contributed by atoms with Crippen molar-refractivity contribution in [3.05, 3.63) is 59.7 Å². The standard InChI is InChI=1S/C14H11N3O/c18-14(15-9-10-5-2-1-3-6-10)13-11-7-4-8-12(11)16-17-13/h1-8H,9H2,(H,15,18). The van der Waals surface area contributed by atoms with Crippen molar-refractivity contribution in [1.29, 1.82) is 0 Å². The molecular formula is C14H11N3O. The van der Waals surface area contributed by atoms with Crippen LogP contribution in [0.25, 0.3) is 0 Å². The van der Waals surface area contributed by atoms with E-state index >= 15 is 0 Å². The molecule has 0 saturated carbocycles. The summed E-state index contributed by atoms with van der Waals surface area (Å²) in [6, 6.07) is 9.77. The highest BCUT2D eigenvalue weighted by Gasteiger charge is 2.25. The van der Waals surface area contributed by atoms with Crippen LogP contribution in [0.3, 0.4) is 0 Å². The maximum Gasteiger partial charge on any atom is 0.272 e. The molecule has 1 aromatic carbocycles. The Morgan fingerprint density at radius 1 is 1.17 bits per heavy atom. The molecule has 88 valence electrons. The number of hydrogen-bond donors (Lipinski definition) is 1. The Balaban J connectivity index is 1.64. The van der Waals surface area contributed by atoms with Gasteiger partial charge in [-0.3, -0.25) is 4.79 Å². The van der Waals surface area contributed by atoms with Gasteiger partial charge < -0.3 is 5.32 Å². The number of hydrogen-bond acceptors (Lipinski definition) is 3. The SMILES string of the molecule is O=C(NCc1ccccc1)C1=NN=C2C=CC=C21. The van der Waals surface area contributed by atoms with Gasteiger partial charge in [0.15, 0.2) is 5.71 Å². The summed E-state index contributed by atoms with van der Waals surface area (Å²) < 4.78 is 0. The first-order valence-corrected chi connectivity index (χ1v) is 5.71. The van der Waals surface area contributed by atoms with Crippen LogP contribution in [-0.4, -0.2) is 17.3 Å². The van der Waals surface area contributed by atoms with Crippen LogP contribution >= 0.6 is 0 Å². The highest BCUT2D eigenvalue weighted by Crippen LogP contribution is 2.17. The average molecular weight is 237 g/mol. The van der Waals surface area contributed by atoms with E-state index in [1.54, 1.807) is 0 Å². The van der Waals surface area contributed by atoms with Gasteiger partial charge in [-0.25, -0.2) is 0 Å². The van der Waals surface area contributed by atoms with Crippen molar-refractivity contribution in [3.8, 4) is 0 Å². The predicted octanol–water partition coefficient (Wildman–Crippen LogP) is 1.61. The number of rotatable bonds is 3. The van der Waals surface area contributed by atoms with Crippen LogP contribution in [0.4, 0.5) is 0 Å². The summed E-state index contributed by atoms with van der Waals surface area (Å²) in [5, 5.41) is 10.7. The molecule has 0 radical (unpaired) electrons. The van der Waals surface area contributed by atoms with Crippen molar-refractivity contribution in [1.82, 2.24) is 5.32 Å². The number of nitrogens with one attached hydrogen (secondary N) is 1. The van der Waals surface area contributed by atoms with Crippen LogP contribution < -0.4 is 5.32 Å². The topological polar surface area (TPSA) is 53.8 Å². The van der Waals surface area contributed by atoms with Gasteiger partial charge in [0.05, 0.1) is 5.71 Å². The van der Waals surface area contributed by atoms with Gasteiger partial charge >= 0.3 is 0 Å². The van der Waals surface area contributed by atoms with Crippen LogP contribution in [0.15, 0.2) is 64.3 Å². The Labute approximate surface area is 104 Å². The second-order valence-corrected chi connectivity index (χ2v) is 4.04. The monoisotopic (exact) mass is 237 g/mol. The van der Waals surface area contributed by atoms with Gasteiger partial charge in [-0.05, 0) is 11.6 Å². The maximum absolute atomic E-state index is 12.0. The molecule has 0 fully saturated rings. The Morgan fingerprint density at radius 3 is 2.83 bits per heavy atom. The molecule has 18 heavy (non-hydrogen) atoms. The Kier molecular flexibility index (Phi) is 2.61. The minimum Gasteiger partial charge on any atom is -0.347 e. The fourth-order valence-electron chi connectivity index (χ4n) is 1.89. The van der Waals surface area contributed by atoms with Gasteiger partial charge in [0.2, 0.25) is 0 Å². The van der Waals surface area contributed by atoms with Gasteiger partial charge in [-0.1, -0.05) is 42.5 Å². The van der Waals surface area contributed by atoms with E-state index in [4.69, 9.17) is 0 Å².